The third-order valence-electron chi connectivity index (χ3n) is 5.86. The monoisotopic (exact) mass is 250 g/mol. The summed E-state index contributed by atoms with van der Waals surface area (Å²) in [4.78, 5) is 0. The molecule has 18 heavy (non-hydrogen) atoms. The smallest absolute Gasteiger partial charge is 0.0893 e. The average molecular weight is 250 g/mol. The largest absolute Gasteiger partial charge is 0.118 e. The molecule has 0 radical (unpaired) electrons. The summed E-state index contributed by atoms with van der Waals surface area (Å²) in [6.45, 7) is 17.2. The summed E-state index contributed by atoms with van der Waals surface area (Å²) in [7, 11) is 1.33. The molecule has 0 aromatic rings. The first-order valence-corrected chi connectivity index (χ1v) is 8.13. The lowest BCUT2D eigenvalue weighted by molar-refractivity contribution is 0.0519. The Labute approximate surface area is 117 Å². The summed E-state index contributed by atoms with van der Waals surface area (Å²) in [5.41, 5.74) is 1.74. The van der Waals surface area contributed by atoms with Crippen LogP contribution in [-0.4, -0.2) is 7.28 Å². The summed E-state index contributed by atoms with van der Waals surface area (Å²) in [5.74, 6) is 0.809. The van der Waals surface area contributed by atoms with Gasteiger partial charge in [0.1, 0.15) is 7.28 Å². The molecule has 1 fully saturated rings. The van der Waals surface area contributed by atoms with Crippen molar-refractivity contribution < 1.29 is 0 Å². The average Bonchev–Trinajstić information content (AvgIpc) is 2.23. The summed E-state index contributed by atoms with van der Waals surface area (Å²) in [6.07, 6.45) is 8.54. The van der Waals surface area contributed by atoms with E-state index in [9.17, 15) is 0 Å². The molecule has 106 valence electrons. The van der Waals surface area contributed by atoms with Crippen LogP contribution < -0.4 is 0 Å². The lowest BCUT2D eigenvalue weighted by atomic mass is 9.53. The van der Waals surface area contributed by atoms with Gasteiger partial charge in [-0.25, -0.2) is 0 Å². The minimum atomic E-state index is 0.547. The Bertz CT molecular complexity index is 257. The molecule has 0 spiro atoms. The van der Waals surface area contributed by atoms with E-state index in [2.05, 4.69) is 48.4 Å². The molecule has 1 unspecified atom stereocenters. The number of rotatable bonds is 5. The van der Waals surface area contributed by atoms with Crippen LogP contribution in [0.15, 0.2) is 0 Å². The summed E-state index contributed by atoms with van der Waals surface area (Å²) >= 11 is 0. The maximum Gasteiger partial charge on any atom is 0.118 e. The fourth-order valence-corrected chi connectivity index (χ4v) is 3.83. The van der Waals surface area contributed by atoms with Crippen molar-refractivity contribution in [1.82, 2.24) is 0 Å². The minimum absolute atomic E-state index is 0.547. The van der Waals surface area contributed by atoms with E-state index in [-0.39, 0.29) is 0 Å². The van der Waals surface area contributed by atoms with Crippen molar-refractivity contribution in [3.05, 3.63) is 0 Å². The third-order valence-corrected chi connectivity index (χ3v) is 5.86. The normalized spacial score (nSPS) is 25.8. The standard InChI is InChI=1S/C17H35B/c1-14(2)17(6,13-18-7)12-16(5)10-8-15(3,4)9-11-16/h14,18H,8-13H2,1-7H3. The molecule has 0 amide bonds. The topological polar surface area (TPSA) is 0 Å². The maximum atomic E-state index is 2.55. The van der Waals surface area contributed by atoms with Crippen LogP contribution in [0.2, 0.25) is 13.1 Å². The van der Waals surface area contributed by atoms with Gasteiger partial charge >= 0.3 is 0 Å². The van der Waals surface area contributed by atoms with E-state index in [1.54, 1.807) is 0 Å². The van der Waals surface area contributed by atoms with Crippen molar-refractivity contribution in [2.75, 3.05) is 0 Å². The second kappa shape index (κ2) is 5.59. The second-order valence-electron chi connectivity index (χ2n) is 8.71. The van der Waals surface area contributed by atoms with Gasteiger partial charge in [-0.05, 0) is 54.3 Å². The van der Waals surface area contributed by atoms with Crippen molar-refractivity contribution in [3.63, 3.8) is 0 Å². The molecule has 0 bridgehead atoms. The predicted octanol–water partition coefficient (Wildman–Crippen LogP) is 5.55. The van der Waals surface area contributed by atoms with Crippen LogP contribution in [-0.2, 0) is 0 Å². The molecule has 0 aliphatic heterocycles. The molecule has 1 aliphatic carbocycles. The maximum absolute atomic E-state index is 2.55. The molecule has 1 saturated carbocycles. The van der Waals surface area contributed by atoms with E-state index in [0.29, 0.717) is 16.2 Å². The van der Waals surface area contributed by atoms with Gasteiger partial charge in [0.2, 0.25) is 0 Å². The molecular formula is C17H35B. The Kier molecular flexibility index (Phi) is 5.01. The first-order chi connectivity index (χ1) is 8.13. The molecule has 0 aromatic carbocycles. The van der Waals surface area contributed by atoms with Crippen molar-refractivity contribution in [3.8, 4) is 0 Å². The van der Waals surface area contributed by atoms with E-state index in [1.165, 1.54) is 45.7 Å². The van der Waals surface area contributed by atoms with Crippen LogP contribution in [0.1, 0.15) is 73.6 Å². The van der Waals surface area contributed by atoms with Crippen molar-refractivity contribution in [1.29, 1.82) is 0 Å². The Hall–Kier alpha value is 0.0649. The zero-order valence-corrected chi connectivity index (χ0v) is 14.0. The molecule has 0 heterocycles. The molecule has 0 N–H and O–H groups in total. The molecule has 0 nitrogen and oxygen atoms in total. The van der Waals surface area contributed by atoms with Crippen LogP contribution in [0.25, 0.3) is 0 Å². The van der Waals surface area contributed by atoms with E-state index in [0.717, 1.165) is 5.92 Å². The van der Waals surface area contributed by atoms with Crippen LogP contribution in [0.4, 0.5) is 0 Å². The highest BCUT2D eigenvalue weighted by atomic mass is 14.4. The molecule has 1 rings (SSSR count). The summed E-state index contributed by atoms with van der Waals surface area (Å²) < 4.78 is 0. The molecule has 0 aromatic heterocycles. The lowest BCUT2D eigenvalue weighted by Gasteiger charge is -2.47. The van der Waals surface area contributed by atoms with Gasteiger partial charge in [-0.15, -0.1) is 0 Å². The van der Waals surface area contributed by atoms with E-state index < -0.39 is 0 Å². The Balaban J connectivity index is 2.70. The van der Waals surface area contributed by atoms with Crippen LogP contribution in [0.5, 0.6) is 0 Å². The van der Waals surface area contributed by atoms with Crippen molar-refractivity contribution >= 4 is 7.28 Å². The van der Waals surface area contributed by atoms with Gasteiger partial charge in [-0.1, -0.05) is 54.7 Å². The Morgan fingerprint density at radius 1 is 1.06 bits per heavy atom. The zero-order valence-electron chi connectivity index (χ0n) is 14.0. The summed E-state index contributed by atoms with van der Waals surface area (Å²) in [6, 6.07) is 0. The van der Waals surface area contributed by atoms with E-state index in [4.69, 9.17) is 0 Å². The molecular weight excluding hydrogens is 215 g/mol. The highest BCUT2D eigenvalue weighted by Gasteiger charge is 2.40. The van der Waals surface area contributed by atoms with Crippen LogP contribution >= 0.6 is 0 Å². The molecule has 1 aliphatic rings. The highest BCUT2D eigenvalue weighted by molar-refractivity contribution is 6.33. The number of hydrogen-bond acceptors (Lipinski definition) is 0. The first kappa shape index (κ1) is 16.1. The Morgan fingerprint density at radius 3 is 1.94 bits per heavy atom. The minimum Gasteiger partial charge on any atom is -0.0893 e. The van der Waals surface area contributed by atoms with Gasteiger partial charge in [0.25, 0.3) is 0 Å². The second-order valence-corrected chi connectivity index (χ2v) is 8.71. The van der Waals surface area contributed by atoms with Gasteiger partial charge in [-0.3, -0.25) is 0 Å². The van der Waals surface area contributed by atoms with Crippen molar-refractivity contribution in [2.45, 2.75) is 86.8 Å². The highest BCUT2D eigenvalue weighted by Crippen LogP contribution is 2.52. The van der Waals surface area contributed by atoms with Gasteiger partial charge in [0.15, 0.2) is 0 Å². The van der Waals surface area contributed by atoms with E-state index in [1.807, 2.05) is 0 Å². The molecule has 1 heteroatoms. The zero-order chi connectivity index (χ0) is 14.0. The summed E-state index contributed by atoms with van der Waals surface area (Å²) in [5, 5.41) is 0. The Morgan fingerprint density at radius 2 is 1.56 bits per heavy atom. The SMILES string of the molecule is CBCC(C)(CC1(C)CCC(C)(C)CC1)C(C)C. The quantitative estimate of drug-likeness (QED) is 0.561. The van der Waals surface area contributed by atoms with Gasteiger partial charge < -0.3 is 0 Å². The van der Waals surface area contributed by atoms with E-state index >= 15 is 0 Å². The van der Waals surface area contributed by atoms with Crippen LogP contribution in [0.3, 0.4) is 0 Å². The fourth-order valence-electron chi connectivity index (χ4n) is 3.83. The fraction of sp³-hybridized carbons (Fsp3) is 1.00. The lowest BCUT2D eigenvalue weighted by Crippen LogP contribution is -2.36. The van der Waals surface area contributed by atoms with Gasteiger partial charge in [-0.2, -0.15) is 0 Å². The predicted molar refractivity (Wildman–Crippen MR) is 85.7 cm³/mol. The first-order valence-electron chi connectivity index (χ1n) is 8.13. The van der Waals surface area contributed by atoms with Gasteiger partial charge in [0, 0.05) is 0 Å². The number of hydrogen-bond donors (Lipinski definition) is 0. The van der Waals surface area contributed by atoms with Crippen molar-refractivity contribution in [2.24, 2.45) is 22.2 Å². The molecule has 1 atom stereocenters. The van der Waals surface area contributed by atoms with Crippen LogP contribution in [0, 0.1) is 22.2 Å². The molecule has 0 saturated heterocycles. The third kappa shape index (κ3) is 4.03. The van der Waals surface area contributed by atoms with Gasteiger partial charge in [0.05, 0.1) is 0 Å².